The number of amides is 3. The van der Waals surface area contributed by atoms with Crippen LogP contribution in [0.5, 0.6) is 0 Å². The van der Waals surface area contributed by atoms with E-state index in [1.54, 1.807) is 29.2 Å². The molecule has 9 heteroatoms. The summed E-state index contributed by atoms with van der Waals surface area (Å²) in [5.41, 5.74) is 0.264. The molecular formula is C23H29N5O4. The molecule has 170 valence electrons. The van der Waals surface area contributed by atoms with E-state index >= 15 is 0 Å². The maximum atomic E-state index is 12.7. The second-order valence-corrected chi connectivity index (χ2v) is 8.54. The number of benzene rings is 1. The van der Waals surface area contributed by atoms with Crippen LogP contribution in [-0.2, 0) is 9.59 Å². The number of likely N-dealkylation sites (tertiary alicyclic amines) is 1. The highest BCUT2D eigenvalue weighted by atomic mass is 16.2. The number of nitrogens with one attached hydrogen (secondary N) is 2. The van der Waals surface area contributed by atoms with Gasteiger partial charge in [-0.05, 0) is 32.0 Å². The average Bonchev–Trinajstić information content (AvgIpc) is 2.83. The van der Waals surface area contributed by atoms with E-state index in [1.165, 1.54) is 6.20 Å². The molecule has 1 aromatic heterocycles. The van der Waals surface area contributed by atoms with E-state index < -0.39 is 5.91 Å². The van der Waals surface area contributed by atoms with E-state index in [9.17, 15) is 19.2 Å². The first-order chi connectivity index (χ1) is 15.4. The van der Waals surface area contributed by atoms with Crippen LogP contribution in [0, 0.1) is 5.92 Å². The van der Waals surface area contributed by atoms with Crippen molar-refractivity contribution < 1.29 is 14.4 Å². The Morgan fingerprint density at radius 1 is 1.00 bits per heavy atom. The topological polar surface area (TPSA) is 106 Å². The van der Waals surface area contributed by atoms with Crippen LogP contribution in [-0.4, -0.2) is 90.3 Å². The summed E-state index contributed by atoms with van der Waals surface area (Å²) in [4.78, 5) is 59.1. The zero-order chi connectivity index (χ0) is 22.7. The zero-order valence-corrected chi connectivity index (χ0v) is 18.3. The van der Waals surface area contributed by atoms with Crippen molar-refractivity contribution in [2.75, 3.05) is 52.9 Å². The molecule has 2 aromatic rings. The molecule has 2 aliphatic heterocycles. The van der Waals surface area contributed by atoms with E-state index in [0.717, 1.165) is 26.2 Å². The highest BCUT2D eigenvalue weighted by molar-refractivity contribution is 5.98. The molecule has 0 unspecified atom stereocenters. The molecule has 2 aliphatic rings. The van der Waals surface area contributed by atoms with Gasteiger partial charge < -0.3 is 25.0 Å². The van der Waals surface area contributed by atoms with Gasteiger partial charge in [-0.1, -0.05) is 12.1 Å². The fourth-order valence-electron chi connectivity index (χ4n) is 4.36. The summed E-state index contributed by atoms with van der Waals surface area (Å²) in [7, 11) is 2.06. The molecule has 2 N–H and O–H groups in total. The molecule has 3 heterocycles. The quantitative estimate of drug-likeness (QED) is 0.712. The number of pyridine rings is 1. The van der Waals surface area contributed by atoms with Gasteiger partial charge in [-0.3, -0.25) is 19.2 Å². The SMILES string of the molecule is CN1CCN(C(=O)C2CCN(C(=O)CNC(=O)c3c[nH]c4ccccc4c3=O)CC2)CC1. The minimum Gasteiger partial charge on any atom is -0.360 e. The number of nitrogens with zero attached hydrogens (tertiary/aromatic N) is 3. The highest BCUT2D eigenvalue weighted by Gasteiger charge is 2.31. The van der Waals surface area contributed by atoms with Gasteiger partial charge in [0.25, 0.3) is 5.91 Å². The molecule has 0 atom stereocenters. The molecule has 4 rings (SSSR count). The summed E-state index contributed by atoms with van der Waals surface area (Å²) in [5.74, 6) is -0.645. The molecule has 3 amide bonds. The Hall–Kier alpha value is -3.20. The molecule has 0 radical (unpaired) electrons. The highest BCUT2D eigenvalue weighted by Crippen LogP contribution is 2.20. The van der Waals surface area contributed by atoms with Crippen molar-refractivity contribution in [3.05, 3.63) is 46.2 Å². The van der Waals surface area contributed by atoms with Crippen LogP contribution >= 0.6 is 0 Å². The number of likely N-dealkylation sites (N-methyl/N-ethyl adjacent to an activating group) is 1. The Balaban J connectivity index is 1.27. The molecule has 0 bridgehead atoms. The molecule has 2 fully saturated rings. The predicted octanol–water partition coefficient (Wildman–Crippen LogP) is 0.271. The number of aromatic amines is 1. The first-order valence-electron chi connectivity index (χ1n) is 11.1. The fourth-order valence-corrected chi connectivity index (χ4v) is 4.36. The lowest BCUT2D eigenvalue weighted by atomic mass is 9.95. The lowest BCUT2D eigenvalue weighted by Crippen LogP contribution is -2.51. The molecular weight excluding hydrogens is 410 g/mol. The smallest absolute Gasteiger partial charge is 0.257 e. The maximum absolute atomic E-state index is 12.7. The maximum Gasteiger partial charge on any atom is 0.257 e. The zero-order valence-electron chi connectivity index (χ0n) is 18.3. The second kappa shape index (κ2) is 9.52. The fraction of sp³-hybridized carbons (Fsp3) is 0.478. The second-order valence-electron chi connectivity index (χ2n) is 8.54. The van der Waals surface area contributed by atoms with E-state index in [4.69, 9.17) is 0 Å². The van der Waals surface area contributed by atoms with Gasteiger partial charge in [-0.25, -0.2) is 0 Å². The number of piperidine rings is 1. The Kier molecular flexibility index (Phi) is 6.55. The van der Waals surface area contributed by atoms with Gasteiger partial charge in [-0.15, -0.1) is 0 Å². The molecule has 0 aliphatic carbocycles. The van der Waals surface area contributed by atoms with Crippen LogP contribution in [0.1, 0.15) is 23.2 Å². The van der Waals surface area contributed by atoms with Crippen molar-refractivity contribution in [2.45, 2.75) is 12.8 Å². The first-order valence-corrected chi connectivity index (χ1v) is 11.1. The molecule has 9 nitrogen and oxygen atoms in total. The normalized spacial score (nSPS) is 18.0. The van der Waals surface area contributed by atoms with Gasteiger partial charge in [-0.2, -0.15) is 0 Å². The standard InChI is InChI=1S/C23H29N5O4/c1-26-10-12-28(13-11-26)23(32)16-6-8-27(9-7-16)20(29)15-25-22(31)18-14-24-19-5-3-2-4-17(19)21(18)30/h2-5,14,16H,6-13,15H2,1H3,(H,24,30)(H,25,31). The molecule has 0 saturated carbocycles. The van der Waals surface area contributed by atoms with Crippen LogP contribution in [0.3, 0.4) is 0 Å². The van der Waals surface area contributed by atoms with Gasteiger partial charge in [0.15, 0.2) is 0 Å². The lowest BCUT2D eigenvalue weighted by Gasteiger charge is -2.37. The van der Waals surface area contributed by atoms with Crippen molar-refractivity contribution in [3.8, 4) is 0 Å². The van der Waals surface area contributed by atoms with Crippen molar-refractivity contribution in [1.29, 1.82) is 0 Å². The first kappa shape index (κ1) is 22.0. The minimum absolute atomic E-state index is 0.0204. The van der Waals surface area contributed by atoms with Crippen molar-refractivity contribution in [1.82, 2.24) is 25.0 Å². The van der Waals surface area contributed by atoms with E-state index in [0.29, 0.717) is 36.8 Å². The van der Waals surface area contributed by atoms with Gasteiger partial charge in [0.2, 0.25) is 17.2 Å². The van der Waals surface area contributed by atoms with Crippen molar-refractivity contribution in [2.24, 2.45) is 5.92 Å². The third-order valence-corrected chi connectivity index (χ3v) is 6.44. The number of aromatic nitrogens is 1. The molecule has 1 aromatic carbocycles. The van der Waals surface area contributed by atoms with E-state index in [1.807, 2.05) is 4.90 Å². The van der Waals surface area contributed by atoms with Gasteiger partial charge in [0.1, 0.15) is 5.56 Å². The Morgan fingerprint density at radius 3 is 2.41 bits per heavy atom. The molecule has 2 saturated heterocycles. The largest absolute Gasteiger partial charge is 0.360 e. The number of piperazine rings is 1. The lowest BCUT2D eigenvalue weighted by molar-refractivity contribution is -0.141. The molecule has 0 spiro atoms. The number of rotatable bonds is 4. The monoisotopic (exact) mass is 439 g/mol. The molecule has 32 heavy (non-hydrogen) atoms. The summed E-state index contributed by atoms with van der Waals surface area (Å²) in [6, 6.07) is 6.96. The summed E-state index contributed by atoms with van der Waals surface area (Å²) in [5, 5.41) is 2.99. The summed E-state index contributed by atoms with van der Waals surface area (Å²) >= 11 is 0. The number of carbonyl (C=O) groups is 3. The van der Waals surface area contributed by atoms with Crippen LogP contribution in [0.25, 0.3) is 10.9 Å². The predicted molar refractivity (Wildman–Crippen MR) is 120 cm³/mol. The van der Waals surface area contributed by atoms with Crippen LogP contribution < -0.4 is 10.7 Å². The van der Waals surface area contributed by atoms with Crippen LogP contribution in [0.2, 0.25) is 0 Å². The van der Waals surface area contributed by atoms with Gasteiger partial charge in [0.05, 0.1) is 6.54 Å². The summed E-state index contributed by atoms with van der Waals surface area (Å²) in [6.45, 7) is 4.11. The van der Waals surface area contributed by atoms with Crippen LogP contribution in [0.4, 0.5) is 0 Å². The van der Waals surface area contributed by atoms with E-state index in [-0.39, 0.29) is 35.3 Å². The number of hydrogen-bond donors (Lipinski definition) is 2. The van der Waals surface area contributed by atoms with Crippen molar-refractivity contribution in [3.63, 3.8) is 0 Å². The Bertz CT molecular complexity index is 1070. The van der Waals surface area contributed by atoms with Gasteiger partial charge >= 0.3 is 0 Å². The van der Waals surface area contributed by atoms with Gasteiger partial charge in [0, 0.05) is 62.3 Å². The Morgan fingerprint density at radius 2 is 1.69 bits per heavy atom. The van der Waals surface area contributed by atoms with Crippen LogP contribution in [0.15, 0.2) is 35.3 Å². The number of fused-ring (bicyclic) bond motifs is 1. The third kappa shape index (κ3) is 4.67. The number of hydrogen-bond acceptors (Lipinski definition) is 5. The van der Waals surface area contributed by atoms with Crippen molar-refractivity contribution >= 4 is 28.6 Å². The number of carbonyl (C=O) groups excluding carboxylic acids is 3. The van der Waals surface area contributed by atoms with E-state index in [2.05, 4.69) is 22.2 Å². The number of para-hydroxylation sites is 1. The third-order valence-electron chi connectivity index (χ3n) is 6.44. The minimum atomic E-state index is -0.578. The number of H-pyrrole nitrogens is 1. The Labute approximate surface area is 186 Å². The summed E-state index contributed by atoms with van der Waals surface area (Å²) < 4.78 is 0. The summed E-state index contributed by atoms with van der Waals surface area (Å²) in [6.07, 6.45) is 2.64. The average molecular weight is 440 g/mol.